The van der Waals surface area contributed by atoms with Crippen LogP contribution in [0.2, 0.25) is 0 Å². The smallest absolute Gasteiger partial charge is 0.303 e. The van der Waals surface area contributed by atoms with Crippen LogP contribution in [0.1, 0.15) is 6.92 Å². The van der Waals surface area contributed by atoms with Crippen LogP contribution < -0.4 is 0 Å². The molecule has 0 fully saturated rings. The lowest BCUT2D eigenvalue weighted by Gasteiger charge is -1.98. The fourth-order valence-corrected chi connectivity index (χ4v) is 0.505. The molecule has 0 atom stereocenters. The average Bonchev–Trinajstić information content (AvgIpc) is 1.54. The van der Waals surface area contributed by atoms with Gasteiger partial charge in [0.1, 0.15) is 0 Å². The molecule has 0 aromatic rings. The highest BCUT2D eigenvalue weighted by atomic mass is 32.9. The Morgan fingerprint density at radius 3 is 1.75 bits per heavy atom. The van der Waals surface area contributed by atoms with Gasteiger partial charge < -0.3 is 9.79 Å². The molecule has 0 rings (SSSR count). The first-order chi connectivity index (χ1) is 5.06. The van der Waals surface area contributed by atoms with Crippen molar-refractivity contribution in [2.75, 3.05) is 6.61 Å². The number of hydrogen-bond donors (Lipinski definition) is 4. The van der Waals surface area contributed by atoms with Crippen LogP contribution in [0.3, 0.4) is 0 Å². The largest absolute Gasteiger partial charge is 0.469 e. The molecule has 12 heavy (non-hydrogen) atoms. The van der Waals surface area contributed by atoms with E-state index in [4.69, 9.17) is 23.1 Å². The Bertz CT molecular complexity index is 230. The molecule has 7 nitrogen and oxygen atoms in total. The van der Waals surface area contributed by atoms with Crippen LogP contribution >= 0.6 is 7.82 Å². The molecule has 4 N–H and O–H groups in total. The molecule has 0 radical (unpaired) electrons. The van der Waals surface area contributed by atoms with Crippen molar-refractivity contribution in [3.63, 3.8) is 0 Å². The molecule has 0 spiro atoms. The minimum atomic E-state index is -4.17. The molecule has 0 aliphatic heterocycles. The number of rotatable bonds is 2. The molecule has 0 aliphatic rings. The summed E-state index contributed by atoms with van der Waals surface area (Å²) >= 11 is 3.47. The summed E-state index contributed by atoms with van der Waals surface area (Å²) in [7, 11) is -8.00. The Labute approximate surface area is 74.3 Å². The van der Waals surface area contributed by atoms with Crippen LogP contribution in [0.25, 0.3) is 0 Å². The highest BCUT2D eigenvalue weighted by Gasteiger charge is 2.10. The number of phosphoric acid groups is 1. The molecular weight excluding hydrogens is 231 g/mol. The molecule has 0 heterocycles. The second-order valence-corrected chi connectivity index (χ2v) is 4.79. The van der Waals surface area contributed by atoms with E-state index in [2.05, 4.69) is 15.7 Å². The van der Waals surface area contributed by atoms with Gasteiger partial charge in [0.25, 0.3) is 9.05 Å². The van der Waals surface area contributed by atoms with Crippen molar-refractivity contribution in [1.82, 2.24) is 0 Å². The van der Waals surface area contributed by atoms with Gasteiger partial charge in [0.2, 0.25) is 0 Å². The second kappa shape index (κ2) is 5.95. The number of hydrogen-bond acceptors (Lipinski definition) is 4. The van der Waals surface area contributed by atoms with Crippen LogP contribution in [0.15, 0.2) is 0 Å². The van der Waals surface area contributed by atoms with Gasteiger partial charge in [0, 0.05) is 11.2 Å². The highest BCUT2D eigenvalue weighted by molar-refractivity contribution is 8.26. The standard InChI is InChI=1S/C2H7O4P.H2O3S2/c1-2-6-7(3,4)5;1-5(2,3)4/h2H2,1H3,(H2,3,4,5);(H2,1,2,3,4). The maximum Gasteiger partial charge on any atom is 0.469 e. The maximum absolute atomic E-state index is 9.70. The molecule has 0 unspecified atom stereocenters. The zero-order valence-corrected chi connectivity index (χ0v) is 8.51. The second-order valence-electron chi connectivity index (χ2n) is 1.36. The van der Waals surface area contributed by atoms with E-state index in [1.54, 1.807) is 0 Å². The summed E-state index contributed by atoms with van der Waals surface area (Å²) in [5.41, 5.74) is 0. The van der Waals surface area contributed by atoms with Crippen molar-refractivity contribution in [2.24, 2.45) is 0 Å². The quantitative estimate of drug-likeness (QED) is 0.489. The molecule has 0 aliphatic carbocycles. The summed E-state index contributed by atoms with van der Waals surface area (Å²) in [6.07, 6.45) is 0. The Morgan fingerprint density at radius 2 is 1.75 bits per heavy atom. The fourth-order valence-electron chi connectivity index (χ4n) is 0.168. The van der Waals surface area contributed by atoms with E-state index in [9.17, 15) is 4.57 Å². The van der Waals surface area contributed by atoms with Gasteiger partial charge in [-0.1, -0.05) is 0 Å². The molecule has 0 saturated carbocycles. The van der Waals surface area contributed by atoms with E-state index in [0.29, 0.717) is 0 Å². The summed E-state index contributed by atoms with van der Waals surface area (Å²) in [6, 6.07) is 0. The predicted molar refractivity (Wildman–Crippen MR) is 44.4 cm³/mol. The zero-order chi connectivity index (χ0) is 10.4. The van der Waals surface area contributed by atoms with Gasteiger partial charge in [-0.3, -0.25) is 13.6 Å². The summed E-state index contributed by atoms with van der Waals surface area (Å²) in [6.45, 7) is 1.56. The van der Waals surface area contributed by atoms with Gasteiger partial charge >= 0.3 is 7.82 Å². The third-order valence-corrected chi connectivity index (χ3v) is 0.892. The minimum Gasteiger partial charge on any atom is -0.303 e. The van der Waals surface area contributed by atoms with E-state index in [-0.39, 0.29) is 6.61 Å². The summed E-state index contributed by atoms with van der Waals surface area (Å²) in [5, 5.41) is 0. The van der Waals surface area contributed by atoms with Crippen molar-refractivity contribution in [2.45, 2.75) is 6.92 Å². The third kappa shape index (κ3) is 47.5. The van der Waals surface area contributed by atoms with Gasteiger partial charge in [-0.2, -0.15) is 4.21 Å². The maximum atomic E-state index is 9.70. The van der Waals surface area contributed by atoms with Crippen molar-refractivity contribution in [1.29, 1.82) is 0 Å². The topological polar surface area (TPSA) is 124 Å². The van der Waals surface area contributed by atoms with Crippen molar-refractivity contribution < 1.29 is 32.2 Å². The average molecular weight is 240 g/mol. The molecule has 0 amide bonds. The molecular formula is C2H9O7PS2. The molecule has 0 saturated heterocycles. The van der Waals surface area contributed by atoms with Crippen molar-refractivity contribution in [3.05, 3.63) is 0 Å². The Kier molecular flexibility index (Phi) is 7.38. The van der Waals surface area contributed by atoms with Gasteiger partial charge in [0.05, 0.1) is 6.61 Å². The minimum absolute atomic E-state index is 0.0459. The zero-order valence-electron chi connectivity index (χ0n) is 5.98. The van der Waals surface area contributed by atoms with Gasteiger partial charge in [-0.25, -0.2) is 4.57 Å². The lowest BCUT2D eigenvalue weighted by molar-refractivity contribution is 0.206. The van der Waals surface area contributed by atoms with Gasteiger partial charge in [0.15, 0.2) is 0 Å². The van der Waals surface area contributed by atoms with Crippen LogP contribution in [0, 0.1) is 0 Å². The lowest BCUT2D eigenvalue weighted by Crippen LogP contribution is -1.86. The first kappa shape index (κ1) is 14.9. The van der Waals surface area contributed by atoms with Crippen LogP contribution in [-0.2, 0) is 29.3 Å². The van der Waals surface area contributed by atoms with E-state index in [0.717, 1.165) is 0 Å². The molecule has 10 heteroatoms. The molecule has 76 valence electrons. The van der Waals surface area contributed by atoms with E-state index >= 15 is 0 Å². The highest BCUT2D eigenvalue weighted by Crippen LogP contribution is 2.34. The molecule has 0 aromatic carbocycles. The molecule has 0 bridgehead atoms. The Hall–Kier alpha value is 0.400. The number of phosphoric ester groups is 1. The SMILES string of the molecule is CCOP(=O)(O)O.O=S(O)(O)=S. The van der Waals surface area contributed by atoms with Gasteiger partial charge in [-0.15, -0.1) is 0 Å². The summed E-state index contributed by atoms with van der Waals surface area (Å²) < 4.78 is 37.6. The summed E-state index contributed by atoms with van der Waals surface area (Å²) in [5.74, 6) is 0. The first-order valence-corrected chi connectivity index (χ1v) is 6.39. The van der Waals surface area contributed by atoms with E-state index in [1.807, 2.05) is 0 Å². The Morgan fingerprint density at radius 1 is 1.50 bits per heavy atom. The first-order valence-electron chi connectivity index (χ1n) is 2.46. The van der Waals surface area contributed by atoms with Crippen molar-refractivity contribution in [3.8, 4) is 0 Å². The summed E-state index contributed by atoms with van der Waals surface area (Å²) in [4.78, 5) is 15.8. The predicted octanol–water partition coefficient (Wildman–Crippen LogP) is -0.206. The van der Waals surface area contributed by atoms with E-state index < -0.39 is 16.9 Å². The van der Waals surface area contributed by atoms with Gasteiger partial charge in [-0.05, 0) is 6.92 Å². The van der Waals surface area contributed by atoms with Crippen LogP contribution in [-0.4, -0.2) is 29.7 Å². The van der Waals surface area contributed by atoms with E-state index in [1.165, 1.54) is 6.92 Å². The van der Waals surface area contributed by atoms with Crippen LogP contribution in [0.4, 0.5) is 0 Å². The van der Waals surface area contributed by atoms with Crippen LogP contribution in [0.5, 0.6) is 0 Å². The fraction of sp³-hybridized carbons (Fsp3) is 1.00. The van der Waals surface area contributed by atoms with Crippen molar-refractivity contribution >= 4 is 28.1 Å². The Balaban J connectivity index is 0. The monoisotopic (exact) mass is 240 g/mol. The lowest BCUT2D eigenvalue weighted by atomic mass is 10.9. The normalized spacial score (nSPS) is 11.8. The molecule has 0 aromatic heterocycles. The third-order valence-electron chi connectivity index (χ3n) is 0.297.